The lowest BCUT2D eigenvalue weighted by Gasteiger charge is -2.11. The number of nitrogens with two attached hydrogens (primary N) is 1. The van der Waals surface area contributed by atoms with Crippen LogP contribution < -0.4 is 10.5 Å². The number of nitrogens with one attached hydrogen (secondary N) is 1. The van der Waals surface area contributed by atoms with Gasteiger partial charge in [0.2, 0.25) is 10.0 Å². The van der Waals surface area contributed by atoms with E-state index in [1.807, 2.05) is 6.92 Å². The Morgan fingerprint density at radius 3 is 2.62 bits per heavy atom. The molecule has 112 valence electrons. The van der Waals surface area contributed by atoms with Crippen LogP contribution in [0.15, 0.2) is 41.3 Å². The Bertz CT molecular complexity index is 779. The monoisotopic (exact) mass is 328 g/mol. The molecule has 4 nitrogen and oxygen atoms in total. The third-order valence-corrected chi connectivity index (χ3v) is 4.18. The zero-order chi connectivity index (χ0) is 15.6. The summed E-state index contributed by atoms with van der Waals surface area (Å²) in [4.78, 5) is -0.0564. The largest absolute Gasteiger partial charge is 0.380 e. The van der Waals surface area contributed by atoms with Gasteiger partial charge >= 0.3 is 0 Å². The summed E-state index contributed by atoms with van der Waals surface area (Å²) in [5.41, 5.74) is 1.77. The first-order chi connectivity index (χ1) is 9.77. The summed E-state index contributed by atoms with van der Waals surface area (Å²) in [5, 5.41) is 8.32. The SMILES string of the molecule is Cc1ccc(F)c(CNc2cc(S(N)(=O)=O)ccc2Cl)c1. The minimum absolute atomic E-state index is 0.0564. The molecule has 0 saturated heterocycles. The third-order valence-electron chi connectivity index (χ3n) is 2.94. The van der Waals surface area contributed by atoms with E-state index in [0.29, 0.717) is 16.3 Å². The first-order valence-corrected chi connectivity index (χ1v) is 8.01. The van der Waals surface area contributed by atoms with Gasteiger partial charge in [-0.15, -0.1) is 0 Å². The van der Waals surface area contributed by atoms with Crippen LogP contribution in [0.3, 0.4) is 0 Å². The van der Waals surface area contributed by atoms with Crippen molar-refractivity contribution >= 4 is 27.3 Å². The minimum atomic E-state index is -3.81. The summed E-state index contributed by atoms with van der Waals surface area (Å²) in [6, 6.07) is 8.83. The summed E-state index contributed by atoms with van der Waals surface area (Å²) in [6.07, 6.45) is 0. The summed E-state index contributed by atoms with van der Waals surface area (Å²) in [6.45, 7) is 2.04. The second-order valence-electron chi connectivity index (χ2n) is 4.64. The molecule has 0 atom stereocenters. The molecule has 0 radical (unpaired) electrons. The predicted octanol–water partition coefficient (Wildman–Crippen LogP) is 3.05. The second-order valence-corrected chi connectivity index (χ2v) is 6.60. The molecule has 0 saturated carbocycles. The highest BCUT2D eigenvalue weighted by Crippen LogP contribution is 2.25. The van der Waals surface area contributed by atoms with Crippen molar-refractivity contribution in [2.45, 2.75) is 18.4 Å². The molecule has 0 heterocycles. The molecule has 0 unspecified atom stereocenters. The van der Waals surface area contributed by atoms with E-state index in [2.05, 4.69) is 5.32 Å². The smallest absolute Gasteiger partial charge is 0.238 e. The van der Waals surface area contributed by atoms with Gasteiger partial charge in [0.1, 0.15) is 5.82 Å². The number of halogens is 2. The molecule has 3 N–H and O–H groups in total. The lowest BCUT2D eigenvalue weighted by atomic mass is 10.1. The zero-order valence-electron chi connectivity index (χ0n) is 11.2. The number of primary sulfonamides is 1. The van der Waals surface area contributed by atoms with Gasteiger partial charge in [-0.3, -0.25) is 0 Å². The third kappa shape index (κ3) is 3.93. The van der Waals surface area contributed by atoms with Gasteiger partial charge in [0.05, 0.1) is 15.6 Å². The van der Waals surface area contributed by atoms with Gasteiger partial charge in [0.25, 0.3) is 0 Å². The highest BCUT2D eigenvalue weighted by molar-refractivity contribution is 7.89. The molecule has 0 fully saturated rings. The molecule has 2 rings (SSSR count). The number of hydrogen-bond donors (Lipinski definition) is 2. The van der Waals surface area contributed by atoms with E-state index in [9.17, 15) is 12.8 Å². The molecule has 0 aliphatic heterocycles. The Balaban J connectivity index is 2.26. The Kier molecular flexibility index (Phi) is 4.51. The van der Waals surface area contributed by atoms with Gasteiger partial charge in [-0.25, -0.2) is 17.9 Å². The van der Waals surface area contributed by atoms with Crippen LogP contribution in [-0.4, -0.2) is 8.42 Å². The highest BCUT2D eigenvalue weighted by Gasteiger charge is 2.11. The van der Waals surface area contributed by atoms with Crippen molar-refractivity contribution in [3.63, 3.8) is 0 Å². The summed E-state index contributed by atoms with van der Waals surface area (Å²) in [7, 11) is -3.81. The summed E-state index contributed by atoms with van der Waals surface area (Å²) < 4.78 is 36.3. The van der Waals surface area contributed by atoms with Gasteiger partial charge in [0.15, 0.2) is 0 Å². The number of anilines is 1. The van der Waals surface area contributed by atoms with Crippen LogP contribution in [0.4, 0.5) is 10.1 Å². The van der Waals surface area contributed by atoms with E-state index >= 15 is 0 Å². The number of hydrogen-bond acceptors (Lipinski definition) is 3. The Hall–Kier alpha value is -1.63. The molecular formula is C14H14ClFN2O2S. The molecule has 0 aliphatic rings. The fourth-order valence-electron chi connectivity index (χ4n) is 1.85. The molecule has 2 aromatic rings. The molecular weight excluding hydrogens is 315 g/mol. The van der Waals surface area contributed by atoms with Crippen LogP contribution in [0.5, 0.6) is 0 Å². The molecule has 0 amide bonds. The Labute approximate surface area is 127 Å². The number of aryl methyl sites for hydroxylation is 1. The molecule has 2 aromatic carbocycles. The average Bonchev–Trinajstić information content (AvgIpc) is 2.40. The van der Waals surface area contributed by atoms with Crippen molar-refractivity contribution in [1.29, 1.82) is 0 Å². The number of sulfonamides is 1. The normalized spacial score (nSPS) is 11.4. The average molecular weight is 329 g/mol. The molecule has 0 bridgehead atoms. The van der Waals surface area contributed by atoms with E-state index in [1.165, 1.54) is 24.3 Å². The van der Waals surface area contributed by atoms with Gasteiger partial charge in [-0.05, 0) is 31.2 Å². The molecule has 0 aromatic heterocycles. The van der Waals surface area contributed by atoms with Crippen molar-refractivity contribution in [2.24, 2.45) is 5.14 Å². The maximum absolute atomic E-state index is 13.7. The standard InChI is InChI=1S/C14H14ClFN2O2S/c1-9-2-5-13(16)10(6-9)8-18-14-7-11(21(17,19)20)3-4-12(14)15/h2-7,18H,8H2,1H3,(H2,17,19,20). The number of benzene rings is 2. The maximum atomic E-state index is 13.7. The van der Waals surface area contributed by atoms with Crippen molar-refractivity contribution in [3.8, 4) is 0 Å². The van der Waals surface area contributed by atoms with Crippen LogP contribution >= 0.6 is 11.6 Å². The van der Waals surface area contributed by atoms with Crippen molar-refractivity contribution in [3.05, 3.63) is 58.4 Å². The topological polar surface area (TPSA) is 72.2 Å². The summed E-state index contributed by atoms with van der Waals surface area (Å²) >= 11 is 5.99. The molecule has 21 heavy (non-hydrogen) atoms. The Morgan fingerprint density at radius 2 is 1.95 bits per heavy atom. The lowest BCUT2D eigenvalue weighted by Crippen LogP contribution is -2.12. The Morgan fingerprint density at radius 1 is 1.24 bits per heavy atom. The number of rotatable bonds is 4. The van der Waals surface area contributed by atoms with Gasteiger partial charge in [-0.1, -0.05) is 29.3 Å². The maximum Gasteiger partial charge on any atom is 0.238 e. The van der Waals surface area contributed by atoms with Gasteiger partial charge in [-0.2, -0.15) is 0 Å². The van der Waals surface area contributed by atoms with Crippen molar-refractivity contribution in [2.75, 3.05) is 5.32 Å². The van der Waals surface area contributed by atoms with Crippen LogP contribution in [0.2, 0.25) is 5.02 Å². The molecule has 7 heteroatoms. The second kappa shape index (κ2) is 6.01. The van der Waals surface area contributed by atoms with Gasteiger partial charge in [0, 0.05) is 12.1 Å². The first-order valence-electron chi connectivity index (χ1n) is 6.08. The molecule has 0 spiro atoms. The van der Waals surface area contributed by atoms with E-state index in [0.717, 1.165) is 5.56 Å². The van der Waals surface area contributed by atoms with E-state index in [-0.39, 0.29) is 17.3 Å². The van der Waals surface area contributed by atoms with E-state index < -0.39 is 10.0 Å². The first kappa shape index (κ1) is 15.8. The van der Waals surface area contributed by atoms with Crippen LogP contribution in [-0.2, 0) is 16.6 Å². The van der Waals surface area contributed by atoms with Crippen LogP contribution in [0, 0.1) is 12.7 Å². The molecule has 0 aliphatic carbocycles. The van der Waals surface area contributed by atoms with Crippen LogP contribution in [0.1, 0.15) is 11.1 Å². The lowest BCUT2D eigenvalue weighted by molar-refractivity contribution is 0.597. The van der Waals surface area contributed by atoms with E-state index in [1.54, 1.807) is 12.1 Å². The van der Waals surface area contributed by atoms with E-state index in [4.69, 9.17) is 16.7 Å². The fraction of sp³-hybridized carbons (Fsp3) is 0.143. The van der Waals surface area contributed by atoms with Crippen molar-refractivity contribution < 1.29 is 12.8 Å². The van der Waals surface area contributed by atoms with Crippen molar-refractivity contribution in [1.82, 2.24) is 0 Å². The summed E-state index contributed by atoms with van der Waals surface area (Å²) in [5.74, 6) is -0.341. The van der Waals surface area contributed by atoms with Gasteiger partial charge < -0.3 is 5.32 Å². The zero-order valence-corrected chi connectivity index (χ0v) is 12.8. The minimum Gasteiger partial charge on any atom is -0.380 e. The predicted molar refractivity (Wildman–Crippen MR) is 81.3 cm³/mol. The van der Waals surface area contributed by atoms with Crippen LogP contribution in [0.25, 0.3) is 0 Å². The highest BCUT2D eigenvalue weighted by atomic mass is 35.5. The fourth-order valence-corrected chi connectivity index (χ4v) is 2.57. The quantitative estimate of drug-likeness (QED) is 0.906.